The van der Waals surface area contributed by atoms with E-state index in [-0.39, 0.29) is 11.7 Å². The number of nitrogens with one attached hydrogen (secondary N) is 1. The molecule has 0 radical (unpaired) electrons. The van der Waals surface area contributed by atoms with Gasteiger partial charge in [0.2, 0.25) is 5.91 Å². The summed E-state index contributed by atoms with van der Waals surface area (Å²) in [5.41, 5.74) is 3.52. The molecule has 0 aliphatic carbocycles. The monoisotopic (exact) mass is 322 g/mol. The van der Waals surface area contributed by atoms with Crippen molar-refractivity contribution in [2.45, 2.75) is 13.0 Å². The maximum atomic E-state index is 12.1. The van der Waals surface area contributed by atoms with Gasteiger partial charge in [-0.1, -0.05) is 48.5 Å². The standard InChI is InChI=1S/C20H22N2O2/c23-19-8-6-17(7-9-19)18-10-12-22(13-11-18)15-20(24)21-14-16-4-2-1-3-5-16/h1-10,23H,11-15H2,(H,21,24). The molecule has 0 bridgehead atoms. The summed E-state index contributed by atoms with van der Waals surface area (Å²) in [6, 6.07) is 17.2. The Morgan fingerprint density at radius 3 is 2.50 bits per heavy atom. The van der Waals surface area contributed by atoms with Crippen LogP contribution in [0.4, 0.5) is 0 Å². The second kappa shape index (κ2) is 7.79. The fourth-order valence-electron chi connectivity index (χ4n) is 2.85. The highest BCUT2D eigenvalue weighted by atomic mass is 16.3. The number of phenolic OH excluding ortho intramolecular Hbond substituents is 1. The highest BCUT2D eigenvalue weighted by Crippen LogP contribution is 2.23. The van der Waals surface area contributed by atoms with Crippen LogP contribution < -0.4 is 5.32 Å². The first-order valence-corrected chi connectivity index (χ1v) is 8.22. The van der Waals surface area contributed by atoms with E-state index in [1.807, 2.05) is 42.5 Å². The summed E-state index contributed by atoms with van der Waals surface area (Å²) in [6.07, 6.45) is 3.08. The number of aromatic hydroxyl groups is 1. The number of amides is 1. The molecule has 1 heterocycles. The maximum Gasteiger partial charge on any atom is 0.234 e. The lowest BCUT2D eigenvalue weighted by Gasteiger charge is -2.26. The molecular weight excluding hydrogens is 300 g/mol. The fraction of sp³-hybridized carbons (Fsp3) is 0.250. The van der Waals surface area contributed by atoms with Crippen molar-refractivity contribution in [1.82, 2.24) is 10.2 Å². The molecule has 1 aliphatic heterocycles. The van der Waals surface area contributed by atoms with Gasteiger partial charge in [0.1, 0.15) is 5.75 Å². The third kappa shape index (κ3) is 4.46. The minimum atomic E-state index is 0.0559. The number of hydrogen-bond acceptors (Lipinski definition) is 3. The smallest absolute Gasteiger partial charge is 0.234 e. The molecule has 0 atom stereocenters. The number of benzene rings is 2. The van der Waals surface area contributed by atoms with Crippen molar-refractivity contribution in [3.05, 3.63) is 71.8 Å². The molecule has 1 amide bonds. The summed E-state index contributed by atoms with van der Waals surface area (Å²) >= 11 is 0. The van der Waals surface area contributed by atoms with Crippen LogP contribution >= 0.6 is 0 Å². The summed E-state index contributed by atoms with van der Waals surface area (Å²) in [5.74, 6) is 0.340. The van der Waals surface area contributed by atoms with Crippen molar-refractivity contribution in [2.24, 2.45) is 0 Å². The first-order valence-electron chi connectivity index (χ1n) is 8.22. The van der Waals surface area contributed by atoms with E-state index >= 15 is 0 Å². The van der Waals surface area contributed by atoms with Crippen LogP contribution in [0, 0.1) is 0 Å². The Morgan fingerprint density at radius 1 is 1.08 bits per heavy atom. The van der Waals surface area contributed by atoms with E-state index in [0.29, 0.717) is 13.1 Å². The quantitative estimate of drug-likeness (QED) is 0.890. The second-order valence-electron chi connectivity index (χ2n) is 6.02. The molecule has 0 saturated heterocycles. The van der Waals surface area contributed by atoms with Crippen LogP contribution in [-0.2, 0) is 11.3 Å². The lowest BCUT2D eigenvalue weighted by atomic mass is 9.99. The van der Waals surface area contributed by atoms with E-state index in [2.05, 4.69) is 16.3 Å². The van der Waals surface area contributed by atoms with Crippen molar-refractivity contribution in [3.8, 4) is 5.75 Å². The lowest BCUT2D eigenvalue weighted by Crippen LogP contribution is -2.39. The molecule has 2 N–H and O–H groups in total. The van der Waals surface area contributed by atoms with E-state index in [1.165, 1.54) is 5.57 Å². The largest absolute Gasteiger partial charge is 0.508 e. The van der Waals surface area contributed by atoms with Gasteiger partial charge in [0.25, 0.3) is 0 Å². The van der Waals surface area contributed by atoms with Crippen molar-refractivity contribution in [3.63, 3.8) is 0 Å². The van der Waals surface area contributed by atoms with Gasteiger partial charge in [0, 0.05) is 19.6 Å². The minimum Gasteiger partial charge on any atom is -0.508 e. The molecule has 0 fully saturated rings. The van der Waals surface area contributed by atoms with Gasteiger partial charge in [-0.05, 0) is 35.3 Å². The van der Waals surface area contributed by atoms with Gasteiger partial charge in [-0.15, -0.1) is 0 Å². The van der Waals surface area contributed by atoms with Crippen LogP contribution in [0.5, 0.6) is 5.75 Å². The van der Waals surface area contributed by atoms with Crippen molar-refractivity contribution < 1.29 is 9.90 Å². The topological polar surface area (TPSA) is 52.6 Å². The van der Waals surface area contributed by atoms with E-state index < -0.39 is 0 Å². The second-order valence-corrected chi connectivity index (χ2v) is 6.02. The summed E-state index contributed by atoms with van der Waals surface area (Å²) < 4.78 is 0. The zero-order chi connectivity index (χ0) is 16.8. The normalized spacial score (nSPS) is 14.9. The summed E-state index contributed by atoms with van der Waals surface area (Å²) in [7, 11) is 0. The Labute approximate surface area is 142 Å². The molecule has 2 aromatic rings. The van der Waals surface area contributed by atoms with Crippen LogP contribution in [0.25, 0.3) is 5.57 Å². The van der Waals surface area contributed by atoms with E-state index in [4.69, 9.17) is 0 Å². The first kappa shape index (κ1) is 16.3. The third-order valence-corrected chi connectivity index (χ3v) is 4.23. The molecule has 1 aliphatic rings. The number of hydrogen-bond donors (Lipinski definition) is 2. The van der Waals surface area contributed by atoms with Crippen LogP contribution in [0.1, 0.15) is 17.5 Å². The summed E-state index contributed by atoms with van der Waals surface area (Å²) in [5, 5.41) is 12.3. The molecule has 0 aromatic heterocycles. The van der Waals surface area contributed by atoms with Gasteiger partial charge in [0.05, 0.1) is 6.54 Å². The Hall–Kier alpha value is -2.59. The molecule has 2 aromatic carbocycles. The van der Waals surface area contributed by atoms with Crippen molar-refractivity contribution in [2.75, 3.05) is 19.6 Å². The Morgan fingerprint density at radius 2 is 1.83 bits per heavy atom. The predicted octanol–water partition coefficient (Wildman–Crippen LogP) is 2.80. The number of phenols is 1. The molecule has 124 valence electrons. The third-order valence-electron chi connectivity index (χ3n) is 4.23. The highest BCUT2D eigenvalue weighted by molar-refractivity contribution is 5.78. The van der Waals surface area contributed by atoms with Gasteiger partial charge >= 0.3 is 0 Å². The zero-order valence-electron chi connectivity index (χ0n) is 13.6. The number of nitrogens with zero attached hydrogens (tertiary/aromatic N) is 1. The molecular formula is C20H22N2O2. The Balaban J connectivity index is 1.47. The van der Waals surface area contributed by atoms with E-state index in [0.717, 1.165) is 30.6 Å². The molecule has 4 nitrogen and oxygen atoms in total. The average molecular weight is 322 g/mol. The van der Waals surface area contributed by atoms with Gasteiger partial charge in [-0.3, -0.25) is 9.69 Å². The van der Waals surface area contributed by atoms with E-state index in [9.17, 15) is 9.90 Å². The van der Waals surface area contributed by atoms with Crippen molar-refractivity contribution >= 4 is 11.5 Å². The van der Waals surface area contributed by atoms with Crippen LogP contribution in [0.2, 0.25) is 0 Å². The molecule has 0 spiro atoms. The van der Waals surface area contributed by atoms with Crippen LogP contribution in [-0.4, -0.2) is 35.5 Å². The number of rotatable bonds is 5. The SMILES string of the molecule is O=C(CN1CC=C(c2ccc(O)cc2)CC1)NCc1ccccc1. The number of carbonyl (C=O) groups is 1. The molecule has 24 heavy (non-hydrogen) atoms. The Bertz CT molecular complexity index is 708. The van der Waals surface area contributed by atoms with E-state index in [1.54, 1.807) is 12.1 Å². The first-order chi connectivity index (χ1) is 11.7. The van der Waals surface area contributed by atoms with Gasteiger partial charge in [0.15, 0.2) is 0 Å². The highest BCUT2D eigenvalue weighted by Gasteiger charge is 2.15. The zero-order valence-corrected chi connectivity index (χ0v) is 13.6. The molecule has 3 rings (SSSR count). The van der Waals surface area contributed by atoms with Crippen LogP contribution in [0.15, 0.2) is 60.7 Å². The minimum absolute atomic E-state index is 0.0559. The Kier molecular flexibility index (Phi) is 5.29. The molecule has 0 unspecified atom stereocenters. The van der Waals surface area contributed by atoms with Gasteiger partial charge < -0.3 is 10.4 Å². The summed E-state index contributed by atoms with van der Waals surface area (Å²) in [6.45, 7) is 2.63. The number of carbonyl (C=O) groups excluding carboxylic acids is 1. The lowest BCUT2D eigenvalue weighted by molar-refractivity contribution is -0.122. The fourth-order valence-corrected chi connectivity index (χ4v) is 2.85. The predicted molar refractivity (Wildman–Crippen MR) is 95.4 cm³/mol. The van der Waals surface area contributed by atoms with Gasteiger partial charge in [-0.25, -0.2) is 0 Å². The van der Waals surface area contributed by atoms with Crippen molar-refractivity contribution in [1.29, 1.82) is 0 Å². The summed E-state index contributed by atoms with van der Waals surface area (Å²) in [4.78, 5) is 14.2. The molecule has 0 saturated carbocycles. The molecule has 4 heteroatoms. The van der Waals surface area contributed by atoms with Crippen LogP contribution in [0.3, 0.4) is 0 Å². The maximum absolute atomic E-state index is 12.1. The average Bonchev–Trinajstić information content (AvgIpc) is 2.62. The van der Waals surface area contributed by atoms with Gasteiger partial charge in [-0.2, -0.15) is 0 Å².